The number of aliphatic hydroxyl groups is 1. The van der Waals surface area contributed by atoms with Gasteiger partial charge in [0.05, 0.1) is 23.4 Å². The number of hydrogen-bond donors (Lipinski definition) is 1. The second-order valence-electron chi connectivity index (χ2n) is 4.52. The van der Waals surface area contributed by atoms with Gasteiger partial charge in [0.2, 0.25) is 0 Å². The third-order valence-electron chi connectivity index (χ3n) is 3.39. The molecule has 0 bridgehead atoms. The number of aromatic nitrogens is 1. The number of rotatable bonds is 3. The number of hydrogen-bond acceptors (Lipinski definition) is 4. The molecule has 90 valence electrons. The van der Waals surface area contributed by atoms with Crippen LogP contribution in [0.4, 0.5) is 0 Å². The lowest BCUT2D eigenvalue weighted by Gasteiger charge is -2.20. The number of nitrogens with zero attached hydrogens (tertiary/aromatic N) is 2. The van der Waals surface area contributed by atoms with Crippen molar-refractivity contribution in [3.05, 3.63) is 29.3 Å². The number of thiazole rings is 1. The smallest absolute Gasteiger partial charge is 0.108 e. The number of aliphatic hydroxyl groups excluding tert-OH is 1. The fraction of sp³-hybridized carbons (Fsp3) is 0.462. The fourth-order valence-electron chi connectivity index (χ4n) is 2.47. The average Bonchev–Trinajstić information content (AvgIpc) is 2.94. The number of benzene rings is 1. The van der Waals surface area contributed by atoms with Crippen LogP contribution in [-0.4, -0.2) is 34.2 Å². The maximum absolute atomic E-state index is 9.30. The standard InChI is InChI=1S/C13H16N2OS/c16-9-10-4-3-7-15(10)8-13-14-11-5-1-2-6-12(11)17-13/h1-2,5-6,10,16H,3-4,7-9H2/t10-/m0/s1. The number of para-hydroxylation sites is 1. The van der Waals surface area contributed by atoms with Crippen LogP contribution in [0.1, 0.15) is 17.8 Å². The van der Waals surface area contributed by atoms with E-state index in [9.17, 15) is 5.11 Å². The van der Waals surface area contributed by atoms with Crippen molar-refractivity contribution in [1.29, 1.82) is 0 Å². The summed E-state index contributed by atoms with van der Waals surface area (Å²) < 4.78 is 1.25. The van der Waals surface area contributed by atoms with Crippen LogP contribution in [0.3, 0.4) is 0 Å². The van der Waals surface area contributed by atoms with E-state index in [0.717, 1.165) is 30.0 Å². The molecule has 0 aliphatic carbocycles. The first-order valence-corrected chi connectivity index (χ1v) is 6.88. The molecule has 1 aliphatic rings. The van der Waals surface area contributed by atoms with Crippen LogP contribution in [-0.2, 0) is 6.54 Å². The summed E-state index contributed by atoms with van der Waals surface area (Å²) in [4.78, 5) is 6.99. The van der Waals surface area contributed by atoms with Gasteiger partial charge >= 0.3 is 0 Å². The highest BCUT2D eigenvalue weighted by Crippen LogP contribution is 2.25. The maximum Gasteiger partial charge on any atom is 0.108 e. The molecule has 1 aliphatic heterocycles. The van der Waals surface area contributed by atoms with Gasteiger partial charge in [-0.05, 0) is 31.5 Å². The lowest BCUT2D eigenvalue weighted by Crippen LogP contribution is -2.31. The molecule has 3 nitrogen and oxygen atoms in total. The van der Waals surface area contributed by atoms with Gasteiger partial charge < -0.3 is 5.11 Å². The molecule has 17 heavy (non-hydrogen) atoms. The molecule has 2 aromatic rings. The van der Waals surface area contributed by atoms with Crippen molar-refractivity contribution in [2.24, 2.45) is 0 Å². The van der Waals surface area contributed by atoms with Crippen molar-refractivity contribution in [1.82, 2.24) is 9.88 Å². The Bertz CT molecular complexity index is 478. The van der Waals surface area contributed by atoms with Crippen molar-refractivity contribution in [3.8, 4) is 0 Å². The molecule has 0 amide bonds. The zero-order valence-electron chi connectivity index (χ0n) is 9.67. The first kappa shape index (κ1) is 11.1. The first-order chi connectivity index (χ1) is 8.36. The van der Waals surface area contributed by atoms with E-state index in [4.69, 9.17) is 0 Å². The normalized spacial score (nSPS) is 21.4. The van der Waals surface area contributed by atoms with Crippen LogP contribution in [0, 0.1) is 0 Å². The molecule has 0 spiro atoms. The Morgan fingerprint density at radius 2 is 2.29 bits per heavy atom. The van der Waals surface area contributed by atoms with Crippen molar-refractivity contribution in [2.45, 2.75) is 25.4 Å². The Labute approximate surface area is 105 Å². The Balaban J connectivity index is 1.80. The number of likely N-dealkylation sites (tertiary alicyclic amines) is 1. The van der Waals surface area contributed by atoms with Gasteiger partial charge in [0.25, 0.3) is 0 Å². The monoisotopic (exact) mass is 248 g/mol. The fourth-order valence-corrected chi connectivity index (χ4v) is 3.46. The van der Waals surface area contributed by atoms with Gasteiger partial charge in [-0.3, -0.25) is 4.90 Å². The molecular formula is C13H16N2OS. The summed E-state index contributed by atoms with van der Waals surface area (Å²) in [5.41, 5.74) is 1.09. The van der Waals surface area contributed by atoms with Gasteiger partial charge in [0.1, 0.15) is 5.01 Å². The third-order valence-corrected chi connectivity index (χ3v) is 4.41. The Kier molecular flexibility index (Phi) is 3.09. The van der Waals surface area contributed by atoms with Gasteiger partial charge in [-0.2, -0.15) is 0 Å². The minimum atomic E-state index is 0.269. The van der Waals surface area contributed by atoms with Gasteiger partial charge in [0, 0.05) is 6.04 Å². The van der Waals surface area contributed by atoms with E-state index in [0.29, 0.717) is 6.04 Å². The van der Waals surface area contributed by atoms with Crippen LogP contribution in [0.5, 0.6) is 0 Å². The topological polar surface area (TPSA) is 36.4 Å². The molecule has 0 saturated carbocycles. The molecule has 1 aromatic heterocycles. The molecule has 3 rings (SSSR count). The van der Waals surface area contributed by atoms with E-state index in [-0.39, 0.29) is 6.61 Å². The first-order valence-electron chi connectivity index (χ1n) is 6.06. The molecule has 1 atom stereocenters. The predicted molar refractivity (Wildman–Crippen MR) is 70.1 cm³/mol. The summed E-state index contributed by atoms with van der Waals surface area (Å²) >= 11 is 1.76. The molecular weight excluding hydrogens is 232 g/mol. The lowest BCUT2D eigenvalue weighted by atomic mass is 10.2. The van der Waals surface area contributed by atoms with Crippen LogP contribution in [0.25, 0.3) is 10.2 Å². The van der Waals surface area contributed by atoms with E-state index in [1.807, 2.05) is 6.07 Å². The summed E-state index contributed by atoms with van der Waals surface area (Å²) in [6.45, 7) is 2.23. The molecule has 2 heterocycles. The van der Waals surface area contributed by atoms with Gasteiger partial charge in [-0.25, -0.2) is 4.98 Å². The van der Waals surface area contributed by atoms with Crippen molar-refractivity contribution < 1.29 is 5.11 Å². The lowest BCUT2D eigenvalue weighted by molar-refractivity contribution is 0.153. The zero-order valence-corrected chi connectivity index (χ0v) is 10.5. The zero-order chi connectivity index (χ0) is 11.7. The summed E-state index contributed by atoms with van der Waals surface area (Å²) in [7, 11) is 0. The van der Waals surface area contributed by atoms with Crippen LogP contribution in [0.15, 0.2) is 24.3 Å². The quantitative estimate of drug-likeness (QED) is 0.905. The molecule has 1 fully saturated rings. The highest BCUT2D eigenvalue weighted by Gasteiger charge is 2.24. The summed E-state index contributed by atoms with van der Waals surface area (Å²) in [5, 5.41) is 10.5. The average molecular weight is 248 g/mol. The van der Waals surface area contributed by atoms with Crippen LogP contribution in [0.2, 0.25) is 0 Å². The highest BCUT2D eigenvalue weighted by molar-refractivity contribution is 7.18. The van der Waals surface area contributed by atoms with Gasteiger partial charge in [-0.15, -0.1) is 11.3 Å². The van der Waals surface area contributed by atoms with Crippen molar-refractivity contribution >= 4 is 21.6 Å². The SMILES string of the molecule is OC[C@@H]1CCCN1Cc1nc2ccccc2s1. The predicted octanol–water partition coefficient (Wildman–Crippen LogP) is 2.25. The second-order valence-corrected chi connectivity index (χ2v) is 5.64. The molecule has 1 aromatic carbocycles. The summed E-state index contributed by atoms with van der Waals surface area (Å²) in [6, 6.07) is 8.59. The van der Waals surface area contributed by atoms with Crippen LogP contribution >= 0.6 is 11.3 Å². The van der Waals surface area contributed by atoms with E-state index in [2.05, 4.69) is 28.1 Å². The third kappa shape index (κ3) is 2.20. The van der Waals surface area contributed by atoms with E-state index in [1.165, 1.54) is 11.1 Å². The van der Waals surface area contributed by atoms with E-state index < -0.39 is 0 Å². The minimum absolute atomic E-state index is 0.269. The van der Waals surface area contributed by atoms with Gasteiger partial charge in [0.15, 0.2) is 0 Å². The van der Waals surface area contributed by atoms with E-state index >= 15 is 0 Å². The summed E-state index contributed by atoms with van der Waals surface area (Å²) in [6.07, 6.45) is 2.30. The van der Waals surface area contributed by atoms with Gasteiger partial charge in [-0.1, -0.05) is 12.1 Å². The highest BCUT2D eigenvalue weighted by atomic mass is 32.1. The second kappa shape index (κ2) is 4.72. The number of fused-ring (bicyclic) bond motifs is 1. The van der Waals surface area contributed by atoms with E-state index in [1.54, 1.807) is 11.3 Å². The maximum atomic E-state index is 9.30. The molecule has 0 radical (unpaired) electrons. The largest absolute Gasteiger partial charge is 0.395 e. The van der Waals surface area contributed by atoms with Crippen molar-refractivity contribution in [3.63, 3.8) is 0 Å². The van der Waals surface area contributed by atoms with Crippen LogP contribution < -0.4 is 0 Å². The van der Waals surface area contributed by atoms with Crippen molar-refractivity contribution in [2.75, 3.05) is 13.2 Å². The summed E-state index contributed by atoms with van der Waals surface area (Å²) in [5.74, 6) is 0. The molecule has 1 N–H and O–H groups in total. The minimum Gasteiger partial charge on any atom is -0.395 e. The Morgan fingerprint density at radius 1 is 1.41 bits per heavy atom. The molecule has 0 unspecified atom stereocenters. The Morgan fingerprint density at radius 3 is 3.12 bits per heavy atom. The molecule has 1 saturated heterocycles. The molecule has 4 heteroatoms. The Hall–Kier alpha value is -0.970.